The van der Waals surface area contributed by atoms with Crippen molar-refractivity contribution in [3.8, 4) is 0 Å². The zero-order valence-electron chi connectivity index (χ0n) is 15.2. The van der Waals surface area contributed by atoms with E-state index in [1.54, 1.807) is 41.5 Å². The Morgan fingerprint density at radius 3 is 2.08 bits per heavy atom. The van der Waals surface area contributed by atoms with Crippen molar-refractivity contribution in [2.24, 2.45) is 0 Å². The molecule has 1 heterocycles. The van der Waals surface area contributed by atoms with E-state index in [2.05, 4.69) is 5.32 Å². The van der Waals surface area contributed by atoms with Crippen molar-refractivity contribution in [2.75, 3.05) is 0 Å². The number of hydrogen-bond acceptors (Lipinski definition) is 3. The SMILES string of the molecule is CC(C)NC(=O)c1ccc(C(F)(F)F)c(B2OC(C)(C)C(C)(C)O2)c1. The molecule has 1 N–H and O–H groups in total. The third-order valence-corrected chi connectivity index (χ3v) is 4.55. The highest BCUT2D eigenvalue weighted by Crippen LogP contribution is 2.38. The van der Waals surface area contributed by atoms with Crippen LogP contribution >= 0.6 is 0 Å². The van der Waals surface area contributed by atoms with Crippen molar-refractivity contribution in [1.82, 2.24) is 5.32 Å². The van der Waals surface area contributed by atoms with Crippen LogP contribution in [0.15, 0.2) is 18.2 Å². The van der Waals surface area contributed by atoms with Crippen LogP contribution in [0.2, 0.25) is 0 Å². The molecule has 1 fully saturated rings. The Bertz CT molecular complexity index is 656. The van der Waals surface area contributed by atoms with Crippen molar-refractivity contribution in [3.05, 3.63) is 29.3 Å². The van der Waals surface area contributed by atoms with Crippen LogP contribution in [0.5, 0.6) is 0 Å². The van der Waals surface area contributed by atoms with Gasteiger partial charge in [-0.3, -0.25) is 4.79 Å². The number of hydrogen-bond donors (Lipinski definition) is 1. The molecule has 1 aliphatic heterocycles. The molecule has 8 heteroatoms. The minimum Gasteiger partial charge on any atom is -0.399 e. The molecular formula is C17H23BF3NO3. The van der Waals surface area contributed by atoms with E-state index in [4.69, 9.17) is 9.31 Å². The molecule has 0 radical (unpaired) electrons. The van der Waals surface area contributed by atoms with Gasteiger partial charge in [0.05, 0.1) is 16.8 Å². The van der Waals surface area contributed by atoms with Crippen molar-refractivity contribution < 1.29 is 27.3 Å². The lowest BCUT2D eigenvalue weighted by Crippen LogP contribution is -2.41. The lowest BCUT2D eigenvalue weighted by atomic mass is 9.75. The van der Waals surface area contributed by atoms with Crippen molar-refractivity contribution in [2.45, 2.75) is 65.0 Å². The van der Waals surface area contributed by atoms with Gasteiger partial charge in [0.1, 0.15) is 0 Å². The summed E-state index contributed by atoms with van der Waals surface area (Å²) in [6, 6.07) is 3.13. The first kappa shape index (κ1) is 19.8. The summed E-state index contributed by atoms with van der Waals surface area (Å²) in [6.45, 7) is 10.6. The van der Waals surface area contributed by atoms with Crippen LogP contribution < -0.4 is 10.8 Å². The lowest BCUT2D eigenvalue weighted by Gasteiger charge is -2.32. The molecule has 0 unspecified atom stereocenters. The first-order valence-electron chi connectivity index (χ1n) is 8.12. The maximum atomic E-state index is 13.4. The minimum absolute atomic E-state index is 0.130. The normalized spacial score (nSPS) is 19.4. The second kappa shape index (κ2) is 6.32. The predicted octanol–water partition coefficient (Wildman–Crippen LogP) is 3.14. The molecule has 1 saturated heterocycles. The topological polar surface area (TPSA) is 47.6 Å². The van der Waals surface area contributed by atoms with Gasteiger partial charge in [-0.05, 0) is 65.2 Å². The van der Waals surface area contributed by atoms with Crippen molar-refractivity contribution >= 4 is 18.5 Å². The maximum Gasteiger partial charge on any atom is 0.495 e. The van der Waals surface area contributed by atoms with Gasteiger partial charge in [0.2, 0.25) is 0 Å². The minimum atomic E-state index is -4.58. The van der Waals surface area contributed by atoms with Gasteiger partial charge in [0.15, 0.2) is 0 Å². The Hall–Kier alpha value is -1.54. The average Bonchev–Trinajstić information content (AvgIpc) is 2.65. The molecule has 0 bridgehead atoms. The van der Waals surface area contributed by atoms with Gasteiger partial charge in [-0.2, -0.15) is 13.2 Å². The third kappa shape index (κ3) is 4.01. The molecule has 0 spiro atoms. The molecule has 0 aromatic heterocycles. The zero-order valence-corrected chi connectivity index (χ0v) is 15.2. The van der Waals surface area contributed by atoms with Gasteiger partial charge >= 0.3 is 13.3 Å². The molecule has 0 saturated carbocycles. The average molecular weight is 357 g/mol. The number of rotatable bonds is 3. The second-order valence-corrected chi connectivity index (χ2v) is 7.52. The van der Waals surface area contributed by atoms with Crippen LogP contribution in [0.1, 0.15) is 57.5 Å². The maximum absolute atomic E-state index is 13.4. The lowest BCUT2D eigenvalue weighted by molar-refractivity contribution is -0.136. The summed E-state index contributed by atoms with van der Waals surface area (Å²) in [7, 11) is -1.20. The zero-order chi connectivity index (χ0) is 19.2. The Balaban J connectivity index is 2.49. The van der Waals surface area contributed by atoms with Gasteiger partial charge in [-0.1, -0.05) is 0 Å². The summed E-state index contributed by atoms with van der Waals surface area (Å²) in [4.78, 5) is 12.2. The number of amides is 1. The number of halogens is 3. The van der Waals surface area contributed by atoms with Crippen molar-refractivity contribution in [1.29, 1.82) is 0 Å². The van der Waals surface area contributed by atoms with Gasteiger partial charge in [-0.25, -0.2) is 0 Å². The Morgan fingerprint density at radius 1 is 1.12 bits per heavy atom. The number of benzene rings is 1. The van der Waals surface area contributed by atoms with Crippen LogP contribution in [-0.4, -0.2) is 30.3 Å². The van der Waals surface area contributed by atoms with Gasteiger partial charge < -0.3 is 14.6 Å². The van der Waals surface area contributed by atoms with Gasteiger partial charge in [0.25, 0.3) is 5.91 Å². The van der Waals surface area contributed by atoms with Crippen LogP contribution in [0, 0.1) is 0 Å². The Kier molecular flexibility index (Phi) is 5.00. The molecule has 1 amide bonds. The molecule has 0 aliphatic carbocycles. The van der Waals surface area contributed by atoms with Gasteiger partial charge in [-0.15, -0.1) is 0 Å². The molecule has 1 aliphatic rings. The fraction of sp³-hybridized carbons (Fsp3) is 0.588. The highest BCUT2D eigenvalue weighted by molar-refractivity contribution is 6.62. The second-order valence-electron chi connectivity index (χ2n) is 7.52. The molecular weight excluding hydrogens is 334 g/mol. The van der Waals surface area contributed by atoms with E-state index >= 15 is 0 Å². The first-order valence-corrected chi connectivity index (χ1v) is 8.12. The van der Waals surface area contributed by atoms with E-state index in [-0.39, 0.29) is 17.1 Å². The van der Waals surface area contributed by atoms with Crippen LogP contribution in [0.4, 0.5) is 13.2 Å². The monoisotopic (exact) mass is 357 g/mol. The first-order chi connectivity index (χ1) is 11.2. The highest BCUT2D eigenvalue weighted by Gasteiger charge is 2.53. The summed E-state index contributed by atoms with van der Waals surface area (Å²) >= 11 is 0. The molecule has 0 atom stereocenters. The van der Waals surface area contributed by atoms with Crippen LogP contribution in [0.3, 0.4) is 0 Å². The highest BCUT2D eigenvalue weighted by atomic mass is 19.4. The summed E-state index contributed by atoms with van der Waals surface area (Å²) in [5.74, 6) is -0.443. The standard InChI is InChI=1S/C17H23BF3NO3/c1-10(2)22-14(23)11-7-8-12(17(19,20)21)13(9-11)18-24-15(3,4)16(5,6)25-18/h7-10H,1-6H3,(H,22,23). The summed E-state index contributed by atoms with van der Waals surface area (Å²) in [5, 5.41) is 2.67. The Labute approximate surface area is 146 Å². The summed E-state index contributed by atoms with van der Waals surface area (Å²) in [5.41, 5.74) is -2.49. The van der Waals surface area contributed by atoms with E-state index < -0.39 is 36.0 Å². The number of carbonyl (C=O) groups excluding carboxylic acids is 1. The quantitative estimate of drug-likeness (QED) is 0.846. The molecule has 1 aromatic carbocycles. The Morgan fingerprint density at radius 2 is 1.64 bits per heavy atom. The van der Waals surface area contributed by atoms with E-state index in [1.165, 1.54) is 6.07 Å². The molecule has 138 valence electrons. The molecule has 2 rings (SSSR count). The number of nitrogens with one attached hydrogen (secondary N) is 1. The fourth-order valence-corrected chi connectivity index (χ4v) is 2.47. The van der Waals surface area contributed by atoms with E-state index in [9.17, 15) is 18.0 Å². The number of carbonyl (C=O) groups is 1. The van der Waals surface area contributed by atoms with Crippen molar-refractivity contribution in [3.63, 3.8) is 0 Å². The number of alkyl halides is 3. The summed E-state index contributed by atoms with van der Waals surface area (Å²) < 4.78 is 51.8. The molecule has 25 heavy (non-hydrogen) atoms. The largest absolute Gasteiger partial charge is 0.495 e. The predicted molar refractivity (Wildman–Crippen MR) is 89.8 cm³/mol. The van der Waals surface area contributed by atoms with Gasteiger partial charge in [0, 0.05) is 11.6 Å². The van der Waals surface area contributed by atoms with E-state index in [0.29, 0.717) is 0 Å². The van der Waals surface area contributed by atoms with Crippen LogP contribution in [0.25, 0.3) is 0 Å². The summed E-state index contributed by atoms with van der Waals surface area (Å²) in [6.07, 6.45) is -4.58. The molecule has 1 aromatic rings. The van der Waals surface area contributed by atoms with Crippen LogP contribution in [-0.2, 0) is 15.5 Å². The molecule has 4 nitrogen and oxygen atoms in total. The van der Waals surface area contributed by atoms with E-state index in [1.807, 2.05) is 0 Å². The smallest absolute Gasteiger partial charge is 0.399 e. The fourth-order valence-electron chi connectivity index (χ4n) is 2.47. The van der Waals surface area contributed by atoms with E-state index in [0.717, 1.165) is 12.1 Å². The third-order valence-electron chi connectivity index (χ3n) is 4.55.